The summed E-state index contributed by atoms with van der Waals surface area (Å²) in [5.41, 5.74) is 0. The summed E-state index contributed by atoms with van der Waals surface area (Å²) in [5.74, 6) is 0.279. The van der Waals surface area contributed by atoms with Gasteiger partial charge in [-0.2, -0.15) is 0 Å². The van der Waals surface area contributed by atoms with Gasteiger partial charge < -0.3 is 5.32 Å². The van der Waals surface area contributed by atoms with Crippen molar-refractivity contribution in [2.75, 3.05) is 18.8 Å². The molecule has 1 aliphatic heterocycles. The van der Waals surface area contributed by atoms with Crippen LogP contribution in [-0.2, 0) is 10.0 Å². The third-order valence-corrected chi connectivity index (χ3v) is 5.71. The lowest BCUT2D eigenvalue weighted by Gasteiger charge is -2.33. The number of nitrogens with one attached hydrogen (secondary N) is 1. The van der Waals surface area contributed by atoms with Crippen LogP contribution in [0.25, 0.3) is 0 Å². The van der Waals surface area contributed by atoms with Crippen LogP contribution in [0.4, 0.5) is 0 Å². The van der Waals surface area contributed by atoms with Crippen molar-refractivity contribution >= 4 is 10.0 Å². The maximum Gasteiger partial charge on any atom is 0.214 e. The van der Waals surface area contributed by atoms with Crippen molar-refractivity contribution in [1.82, 2.24) is 9.62 Å². The summed E-state index contributed by atoms with van der Waals surface area (Å²) < 4.78 is 25.6. The second kappa shape index (κ2) is 8.02. The zero-order chi connectivity index (χ0) is 14.3. The Hall–Kier alpha value is -0.390. The van der Waals surface area contributed by atoms with E-state index in [9.17, 15) is 8.42 Å². The first kappa shape index (κ1) is 16.7. The molecular formula is C14H28N2O2S. The molecule has 0 aromatic heterocycles. The second-order valence-corrected chi connectivity index (χ2v) is 7.51. The second-order valence-electron chi connectivity index (χ2n) is 5.42. The molecule has 1 aliphatic rings. The van der Waals surface area contributed by atoms with Gasteiger partial charge in [0.25, 0.3) is 0 Å². The molecule has 4 nitrogen and oxygen atoms in total. The maximum atomic E-state index is 12.0. The lowest BCUT2D eigenvalue weighted by molar-refractivity contribution is 0.273. The summed E-state index contributed by atoms with van der Waals surface area (Å²) in [4.78, 5) is 0. The molecule has 0 aliphatic carbocycles. The Morgan fingerprint density at radius 2 is 2.05 bits per heavy atom. The minimum Gasteiger partial charge on any atom is -0.311 e. The largest absolute Gasteiger partial charge is 0.311 e. The molecule has 19 heavy (non-hydrogen) atoms. The van der Waals surface area contributed by atoms with Crippen molar-refractivity contribution in [2.24, 2.45) is 0 Å². The molecule has 0 radical (unpaired) electrons. The van der Waals surface area contributed by atoms with Crippen molar-refractivity contribution in [2.45, 2.75) is 58.0 Å². The predicted octanol–water partition coefficient (Wildman–Crippen LogP) is 2.13. The lowest BCUT2D eigenvalue weighted by atomic mass is 10.0. The third kappa shape index (κ3) is 5.63. The van der Waals surface area contributed by atoms with Crippen LogP contribution in [0.2, 0.25) is 0 Å². The van der Waals surface area contributed by atoms with Gasteiger partial charge in [-0.25, -0.2) is 12.7 Å². The van der Waals surface area contributed by atoms with Gasteiger partial charge in [0.1, 0.15) is 0 Å². The SMILES string of the molecule is C=CCCC(C)NC1CCN(S(=O)(=O)CCC)CC1. The van der Waals surface area contributed by atoms with Gasteiger partial charge in [0.15, 0.2) is 0 Å². The molecular weight excluding hydrogens is 260 g/mol. The highest BCUT2D eigenvalue weighted by molar-refractivity contribution is 7.89. The fourth-order valence-corrected chi connectivity index (χ4v) is 4.08. The van der Waals surface area contributed by atoms with Crippen LogP contribution in [0.3, 0.4) is 0 Å². The van der Waals surface area contributed by atoms with Crippen LogP contribution in [-0.4, -0.2) is 43.6 Å². The van der Waals surface area contributed by atoms with E-state index in [1.807, 2.05) is 13.0 Å². The van der Waals surface area contributed by atoms with Gasteiger partial charge >= 0.3 is 0 Å². The molecule has 1 saturated heterocycles. The summed E-state index contributed by atoms with van der Waals surface area (Å²) in [6.45, 7) is 9.15. The molecule has 1 atom stereocenters. The number of hydrogen-bond acceptors (Lipinski definition) is 3. The van der Waals surface area contributed by atoms with E-state index < -0.39 is 10.0 Å². The Kier molecular flexibility index (Phi) is 7.04. The van der Waals surface area contributed by atoms with Crippen LogP contribution in [0.5, 0.6) is 0 Å². The number of allylic oxidation sites excluding steroid dienone is 1. The first-order chi connectivity index (χ1) is 8.99. The minimum atomic E-state index is -3.01. The van der Waals surface area contributed by atoms with Gasteiger partial charge in [-0.05, 0) is 39.0 Å². The molecule has 0 saturated carbocycles. The first-order valence-electron chi connectivity index (χ1n) is 7.34. The molecule has 1 N–H and O–H groups in total. The molecule has 5 heteroatoms. The molecule has 1 fully saturated rings. The van der Waals surface area contributed by atoms with Gasteiger partial charge in [-0.1, -0.05) is 13.0 Å². The Morgan fingerprint density at radius 3 is 2.58 bits per heavy atom. The standard InChI is InChI=1S/C14H28N2O2S/c1-4-6-7-13(3)15-14-8-10-16(11-9-14)19(17,18)12-5-2/h4,13-15H,1,5-12H2,2-3H3. The van der Waals surface area contributed by atoms with E-state index in [2.05, 4.69) is 18.8 Å². The quantitative estimate of drug-likeness (QED) is 0.696. The van der Waals surface area contributed by atoms with E-state index in [1.54, 1.807) is 4.31 Å². The van der Waals surface area contributed by atoms with Gasteiger partial charge in [0.05, 0.1) is 5.75 Å². The van der Waals surface area contributed by atoms with Gasteiger partial charge in [0.2, 0.25) is 10.0 Å². The van der Waals surface area contributed by atoms with Crippen LogP contribution in [0.1, 0.15) is 46.0 Å². The monoisotopic (exact) mass is 288 g/mol. The summed E-state index contributed by atoms with van der Waals surface area (Å²) in [6, 6.07) is 0.926. The zero-order valence-electron chi connectivity index (χ0n) is 12.3. The molecule has 0 amide bonds. The van der Waals surface area contributed by atoms with Gasteiger partial charge in [-0.15, -0.1) is 6.58 Å². The third-order valence-electron chi connectivity index (χ3n) is 3.63. The number of rotatable bonds is 8. The molecule has 0 aromatic rings. The number of nitrogens with zero attached hydrogens (tertiary/aromatic N) is 1. The van der Waals surface area contributed by atoms with E-state index in [-0.39, 0.29) is 5.75 Å². The Morgan fingerprint density at radius 1 is 1.42 bits per heavy atom. The average molecular weight is 288 g/mol. The van der Waals surface area contributed by atoms with Crippen molar-refractivity contribution in [1.29, 1.82) is 0 Å². The molecule has 0 bridgehead atoms. The van der Waals surface area contributed by atoms with Crippen LogP contribution >= 0.6 is 0 Å². The first-order valence-corrected chi connectivity index (χ1v) is 8.95. The highest BCUT2D eigenvalue weighted by atomic mass is 32.2. The fourth-order valence-electron chi connectivity index (χ4n) is 2.54. The summed E-state index contributed by atoms with van der Waals surface area (Å²) in [5, 5.41) is 3.59. The van der Waals surface area contributed by atoms with E-state index >= 15 is 0 Å². The number of piperidine rings is 1. The minimum absolute atomic E-state index is 0.279. The molecule has 0 aromatic carbocycles. The smallest absolute Gasteiger partial charge is 0.214 e. The zero-order valence-corrected chi connectivity index (χ0v) is 13.1. The topological polar surface area (TPSA) is 49.4 Å². The molecule has 1 unspecified atom stereocenters. The van der Waals surface area contributed by atoms with Crippen LogP contribution in [0.15, 0.2) is 12.7 Å². The van der Waals surface area contributed by atoms with Gasteiger partial charge in [-0.3, -0.25) is 0 Å². The molecule has 1 heterocycles. The predicted molar refractivity (Wildman–Crippen MR) is 80.7 cm³/mol. The van der Waals surface area contributed by atoms with Crippen molar-refractivity contribution in [3.05, 3.63) is 12.7 Å². The van der Waals surface area contributed by atoms with Crippen molar-refractivity contribution in [3.8, 4) is 0 Å². The number of sulfonamides is 1. The number of hydrogen-bond donors (Lipinski definition) is 1. The van der Waals surface area contributed by atoms with Crippen LogP contribution in [0, 0.1) is 0 Å². The average Bonchev–Trinajstić information content (AvgIpc) is 2.37. The summed E-state index contributed by atoms with van der Waals surface area (Å²) >= 11 is 0. The summed E-state index contributed by atoms with van der Waals surface area (Å²) in [6.07, 6.45) is 6.59. The maximum absolute atomic E-state index is 12.0. The lowest BCUT2D eigenvalue weighted by Crippen LogP contribution is -2.47. The summed E-state index contributed by atoms with van der Waals surface area (Å²) in [7, 11) is -3.01. The highest BCUT2D eigenvalue weighted by Crippen LogP contribution is 2.16. The van der Waals surface area contributed by atoms with E-state index in [0.717, 1.165) is 25.7 Å². The van der Waals surface area contributed by atoms with E-state index in [1.165, 1.54) is 0 Å². The van der Waals surface area contributed by atoms with Crippen LogP contribution < -0.4 is 5.32 Å². The fraction of sp³-hybridized carbons (Fsp3) is 0.857. The molecule has 0 spiro atoms. The molecule has 112 valence electrons. The van der Waals surface area contributed by atoms with Gasteiger partial charge in [0, 0.05) is 25.2 Å². The normalized spacial score (nSPS) is 20.3. The van der Waals surface area contributed by atoms with Crippen molar-refractivity contribution in [3.63, 3.8) is 0 Å². The Labute approximate surface area is 118 Å². The van der Waals surface area contributed by atoms with E-state index in [0.29, 0.717) is 31.6 Å². The Balaban J connectivity index is 2.34. The highest BCUT2D eigenvalue weighted by Gasteiger charge is 2.27. The van der Waals surface area contributed by atoms with E-state index in [4.69, 9.17) is 0 Å². The Bertz CT molecular complexity index is 360. The van der Waals surface area contributed by atoms with Crippen molar-refractivity contribution < 1.29 is 8.42 Å². The molecule has 1 rings (SSSR count).